The molecule has 6 heteroatoms. The second-order valence-electron chi connectivity index (χ2n) is 5.36. The van der Waals surface area contributed by atoms with Crippen molar-refractivity contribution in [3.8, 4) is 17.2 Å². The first-order valence-corrected chi connectivity index (χ1v) is 7.40. The number of piperidine rings is 1. The Morgan fingerprint density at radius 3 is 2.05 bits per heavy atom. The highest BCUT2D eigenvalue weighted by molar-refractivity contribution is 5.85. The van der Waals surface area contributed by atoms with Gasteiger partial charge in [-0.05, 0) is 39.0 Å². The van der Waals surface area contributed by atoms with Crippen molar-refractivity contribution in [2.75, 3.05) is 41.5 Å². The van der Waals surface area contributed by atoms with Gasteiger partial charge < -0.3 is 19.5 Å². The zero-order valence-electron chi connectivity index (χ0n) is 13.8. The first-order valence-electron chi connectivity index (χ1n) is 7.40. The smallest absolute Gasteiger partial charge is 0.164 e. The number of rotatable bonds is 6. The number of ether oxygens (including phenoxy) is 3. The highest BCUT2D eigenvalue weighted by Crippen LogP contribution is 2.35. The Hall–Kier alpha value is -1.17. The zero-order chi connectivity index (χ0) is 15.2. The monoisotopic (exact) mass is 330 g/mol. The first kappa shape index (κ1) is 18.9. The summed E-state index contributed by atoms with van der Waals surface area (Å²) in [5, 5.41) is 3.36. The fraction of sp³-hybridized carbons (Fsp3) is 0.625. The van der Waals surface area contributed by atoms with Gasteiger partial charge in [-0.1, -0.05) is 0 Å². The van der Waals surface area contributed by atoms with Gasteiger partial charge in [0.05, 0.1) is 21.3 Å². The zero-order valence-corrected chi connectivity index (χ0v) is 14.7. The topological polar surface area (TPSA) is 43.0 Å². The molecule has 0 unspecified atom stereocenters. The standard InChI is InChI=1S/C16H26N2O3.ClH/c1-17-13-5-7-18(8-6-13)11-12-9-15(20-3)16(21-4)10-14(12)19-2;/h9-10,13,17H,5-8,11H2,1-4H3;1H. The maximum absolute atomic E-state index is 5.50. The van der Waals surface area contributed by atoms with Crippen molar-refractivity contribution < 1.29 is 14.2 Å². The summed E-state index contributed by atoms with van der Waals surface area (Å²) in [7, 11) is 7.03. The molecule has 0 aliphatic carbocycles. The summed E-state index contributed by atoms with van der Waals surface area (Å²) >= 11 is 0. The lowest BCUT2D eigenvalue weighted by Crippen LogP contribution is -2.40. The van der Waals surface area contributed by atoms with Crippen molar-refractivity contribution in [1.82, 2.24) is 10.2 Å². The van der Waals surface area contributed by atoms with Crippen molar-refractivity contribution in [3.05, 3.63) is 17.7 Å². The first-order chi connectivity index (χ1) is 10.2. The van der Waals surface area contributed by atoms with Gasteiger partial charge in [-0.2, -0.15) is 0 Å². The van der Waals surface area contributed by atoms with Gasteiger partial charge in [0.25, 0.3) is 0 Å². The number of nitrogens with zero attached hydrogens (tertiary/aromatic N) is 1. The van der Waals surface area contributed by atoms with Crippen LogP contribution in [0.5, 0.6) is 17.2 Å². The molecule has 1 saturated heterocycles. The van der Waals surface area contributed by atoms with E-state index in [4.69, 9.17) is 14.2 Å². The van der Waals surface area contributed by atoms with E-state index in [1.165, 1.54) is 12.8 Å². The minimum Gasteiger partial charge on any atom is -0.496 e. The van der Waals surface area contributed by atoms with E-state index in [2.05, 4.69) is 10.2 Å². The molecule has 0 spiro atoms. The fourth-order valence-corrected chi connectivity index (χ4v) is 2.84. The Morgan fingerprint density at radius 2 is 1.55 bits per heavy atom. The number of likely N-dealkylation sites (tertiary alicyclic amines) is 1. The lowest BCUT2D eigenvalue weighted by molar-refractivity contribution is 0.192. The molecule has 1 aromatic rings. The third-order valence-electron chi connectivity index (χ3n) is 4.18. The van der Waals surface area contributed by atoms with E-state index < -0.39 is 0 Å². The summed E-state index contributed by atoms with van der Waals surface area (Å²) in [6.45, 7) is 3.08. The maximum atomic E-state index is 5.50. The minimum absolute atomic E-state index is 0. The quantitative estimate of drug-likeness (QED) is 0.867. The van der Waals surface area contributed by atoms with Crippen LogP contribution in [0, 0.1) is 0 Å². The lowest BCUT2D eigenvalue weighted by atomic mass is 10.0. The number of halogens is 1. The van der Waals surface area contributed by atoms with Gasteiger partial charge in [-0.25, -0.2) is 0 Å². The second kappa shape index (κ2) is 9.08. The average Bonchev–Trinajstić information content (AvgIpc) is 2.55. The van der Waals surface area contributed by atoms with Crippen LogP contribution in [0.1, 0.15) is 18.4 Å². The number of methoxy groups -OCH3 is 3. The summed E-state index contributed by atoms with van der Waals surface area (Å²) in [5.41, 5.74) is 1.14. The molecule has 0 saturated carbocycles. The molecule has 1 aliphatic rings. The van der Waals surface area contributed by atoms with E-state index in [9.17, 15) is 0 Å². The highest BCUT2D eigenvalue weighted by Gasteiger charge is 2.20. The summed E-state index contributed by atoms with van der Waals surface area (Å²) in [5.74, 6) is 2.30. The van der Waals surface area contributed by atoms with Crippen LogP contribution in [0.2, 0.25) is 0 Å². The summed E-state index contributed by atoms with van der Waals surface area (Å²) in [6.07, 6.45) is 2.37. The Morgan fingerprint density at radius 1 is 1.00 bits per heavy atom. The molecule has 1 N–H and O–H groups in total. The minimum atomic E-state index is 0. The van der Waals surface area contributed by atoms with Crippen LogP contribution in [0.15, 0.2) is 12.1 Å². The number of hydrogen-bond donors (Lipinski definition) is 1. The van der Waals surface area contributed by atoms with Crippen molar-refractivity contribution in [1.29, 1.82) is 0 Å². The second-order valence-corrected chi connectivity index (χ2v) is 5.36. The molecule has 5 nitrogen and oxygen atoms in total. The van der Waals surface area contributed by atoms with Crippen molar-refractivity contribution >= 4 is 12.4 Å². The number of hydrogen-bond acceptors (Lipinski definition) is 5. The number of nitrogens with one attached hydrogen (secondary N) is 1. The SMILES string of the molecule is CNC1CCN(Cc2cc(OC)c(OC)cc2OC)CC1.Cl. The fourth-order valence-electron chi connectivity index (χ4n) is 2.84. The Kier molecular flexibility index (Phi) is 7.79. The van der Waals surface area contributed by atoms with Crippen molar-refractivity contribution in [3.63, 3.8) is 0 Å². The van der Waals surface area contributed by atoms with E-state index in [0.717, 1.165) is 36.7 Å². The lowest BCUT2D eigenvalue weighted by Gasteiger charge is -2.32. The van der Waals surface area contributed by atoms with E-state index in [1.807, 2.05) is 19.2 Å². The van der Waals surface area contributed by atoms with E-state index >= 15 is 0 Å². The van der Waals surface area contributed by atoms with Crippen LogP contribution in [-0.4, -0.2) is 52.4 Å². The van der Waals surface area contributed by atoms with Gasteiger partial charge >= 0.3 is 0 Å². The van der Waals surface area contributed by atoms with Crippen LogP contribution < -0.4 is 19.5 Å². The van der Waals surface area contributed by atoms with Gasteiger partial charge in [0, 0.05) is 24.2 Å². The predicted octanol–water partition coefficient (Wildman–Crippen LogP) is 2.32. The molecular formula is C16H27ClN2O3. The maximum Gasteiger partial charge on any atom is 0.164 e. The molecule has 0 aromatic heterocycles. The summed E-state index contributed by atoms with van der Waals surface area (Å²) < 4.78 is 16.2. The largest absolute Gasteiger partial charge is 0.496 e. The van der Waals surface area contributed by atoms with Gasteiger partial charge in [-0.3, -0.25) is 4.90 Å². The third-order valence-corrected chi connectivity index (χ3v) is 4.18. The van der Waals surface area contributed by atoms with Crippen molar-refractivity contribution in [2.45, 2.75) is 25.4 Å². The molecule has 1 aromatic carbocycles. The molecule has 1 aliphatic heterocycles. The molecule has 0 amide bonds. The molecule has 1 fully saturated rings. The van der Waals surface area contributed by atoms with Gasteiger partial charge in [0.1, 0.15) is 5.75 Å². The van der Waals surface area contributed by atoms with Crippen LogP contribution >= 0.6 is 12.4 Å². The van der Waals surface area contributed by atoms with Crippen LogP contribution in [0.3, 0.4) is 0 Å². The molecule has 0 radical (unpaired) electrons. The van der Waals surface area contributed by atoms with Gasteiger partial charge in [0.2, 0.25) is 0 Å². The van der Waals surface area contributed by atoms with Crippen LogP contribution in [0.4, 0.5) is 0 Å². The Balaban J connectivity index is 0.00000242. The van der Waals surface area contributed by atoms with Crippen LogP contribution in [-0.2, 0) is 6.54 Å². The molecule has 22 heavy (non-hydrogen) atoms. The van der Waals surface area contributed by atoms with E-state index in [-0.39, 0.29) is 12.4 Å². The molecule has 2 rings (SSSR count). The molecule has 0 atom stereocenters. The highest BCUT2D eigenvalue weighted by atomic mass is 35.5. The average molecular weight is 331 g/mol. The molecular weight excluding hydrogens is 304 g/mol. The number of benzene rings is 1. The molecule has 0 bridgehead atoms. The third kappa shape index (κ3) is 4.41. The van der Waals surface area contributed by atoms with Gasteiger partial charge in [-0.15, -0.1) is 12.4 Å². The molecule has 126 valence electrons. The van der Waals surface area contributed by atoms with Crippen LogP contribution in [0.25, 0.3) is 0 Å². The Bertz CT molecular complexity index is 463. The van der Waals surface area contributed by atoms with E-state index in [1.54, 1.807) is 21.3 Å². The summed E-state index contributed by atoms with van der Waals surface area (Å²) in [4.78, 5) is 2.46. The van der Waals surface area contributed by atoms with E-state index in [0.29, 0.717) is 11.8 Å². The Labute approximate surface area is 139 Å². The normalized spacial score (nSPS) is 16.0. The summed E-state index contributed by atoms with van der Waals surface area (Å²) in [6, 6.07) is 4.56. The predicted molar refractivity (Wildman–Crippen MR) is 90.7 cm³/mol. The van der Waals surface area contributed by atoms with Crippen molar-refractivity contribution in [2.24, 2.45) is 0 Å². The molecule has 1 heterocycles. The van der Waals surface area contributed by atoms with Gasteiger partial charge in [0.15, 0.2) is 11.5 Å².